The lowest BCUT2D eigenvalue weighted by atomic mass is 9.93. The van der Waals surface area contributed by atoms with E-state index in [9.17, 15) is 9.59 Å². The van der Waals surface area contributed by atoms with Crippen LogP contribution >= 0.6 is 0 Å². The van der Waals surface area contributed by atoms with E-state index in [4.69, 9.17) is 9.47 Å². The molecule has 4 heteroatoms. The number of hydrogen-bond donors (Lipinski definition) is 0. The van der Waals surface area contributed by atoms with Crippen LogP contribution in [0.3, 0.4) is 0 Å². The van der Waals surface area contributed by atoms with Crippen molar-refractivity contribution in [1.29, 1.82) is 0 Å². The molecule has 122 valence electrons. The molecule has 24 heavy (non-hydrogen) atoms. The normalized spacial score (nSPS) is 10.1. The number of esters is 2. The SMILES string of the molecule is C=CC(=O)Oc1cccc(C(C)c2cccc(OC(=O)C=C)c2)c1. The minimum atomic E-state index is -0.502. The topological polar surface area (TPSA) is 52.6 Å². The van der Waals surface area contributed by atoms with Crippen LogP contribution in [0.15, 0.2) is 73.8 Å². The minimum absolute atomic E-state index is 0.0229. The van der Waals surface area contributed by atoms with E-state index in [0.717, 1.165) is 23.3 Å². The number of benzene rings is 2. The maximum absolute atomic E-state index is 11.3. The smallest absolute Gasteiger partial charge is 0.335 e. The van der Waals surface area contributed by atoms with Gasteiger partial charge in [-0.05, 0) is 35.4 Å². The van der Waals surface area contributed by atoms with Crippen LogP contribution in [-0.4, -0.2) is 11.9 Å². The van der Waals surface area contributed by atoms with E-state index in [1.165, 1.54) is 0 Å². The van der Waals surface area contributed by atoms with Crippen molar-refractivity contribution in [3.8, 4) is 11.5 Å². The Labute approximate surface area is 141 Å². The highest BCUT2D eigenvalue weighted by molar-refractivity contribution is 5.83. The first-order chi connectivity index (χ1) is 11.5. The molecule has 0 heterocycles. The molecule has 0 aliphatic carbocycles. The molecule has 0 unspecified atom stereocenters. The van der Waals surface area contributed by atoms with Gasteiger partial charge in [0.2, 0.25) is 0 Å². The van der Waals surface area contributed by atoms with Gasteiger partial charge in [0, 0.05) is 18.1 Å². The molecule has 0 fully saturated rings. The van der Waals surface area contributed by atoms with Gasteiger partial charge in [-0.1, -0.05) is 44.3 Å². The van der Waals surface area contributed by atoms with Gasteiger partial charge in [-0.2, -0.15) is 0 Å². The van der Waals surface area contributed by atoms with E-state index in [0.29, 0.717) is 11.5 Å². The summed E-state index contributed by atoms with van der Waals surface area (Å²) in [5.74, 6) is -0.0666. The molecule has 4 nitrogen and oxygen atoms in total. The van der Waals surface area contributed by atoms with E-state index in [-0.39, 0.29) is 5.92 Å². The van der Waals surface area contributed by atoms with Gasteiger partial charge in [-0.3, -0.25) is 0 Å². The molecule has 0 aliphatic rings. The Morgan fingerprint density at radius 1 is 0.875 bits per heavy atom. The van der Waals surface area contributed by atoms with Gasteiger partial charge in [0.1, 0.15) is 11.5 Å². The third kappa shape index (κ3) is 4.43. The van der Waals surface area contributed by atoms with Crippen molar-refractivity contribution < 1.29 is 19.1 Å². The van der Waals surface area contributed by atoms with Crippen LogP contribution in [0.5, 0.6) is 11.5 Å². The van der Waals surface area contributed by atoms with Crippen LogP contribution in [0.4, 0.5) is 0 Å². The van der Waals surface area contributed by atoms with E-state index in [1.54, 1.807) is 24.3 Å². The molecule has 0 N–H and O–H groups in total. The molecule has 0 atom stereocenters. The van der Waals surface area contributed by atoms with E-state index in [2.05, 4.69) is 13.2 Å². The zero-order valence-electron chi connectivity index (χ0n) is 13.4. The van der Waals surface area contributed by atoms with Crippen LogP contribution in [0.25, 0.3) is 0 Å². The van der Waals surface area contributed by atoms with Crippen LogP contribution < -0.4 is 9.47 Å². The molecule has 0 aliphatic heterocycles. The van der Waals surface area contributed by atoms with Crippen molar-refractivity contribution in [2.75, 3.05) is 0 Å². The molecule has 0 saturated carbocycles. The number of carbonyl (C=O) groups excluding carboxylic acids is 2. The highest BCUT2D eigenvalue weighted by atomic mass is 16.5. The summed E-state index contributed by atoms with van der Waals surface area (Å²) in [5.41, 5.74) is 1.94. The third-order valence-corrected chi connectivity index (χ3v) is 3.49. The van der Waals surface area contributed by atoms with Gasteiger partial charge in [0.25, 0.3) is 0 Å². The number of hydrogen-bond acceptors (Lipinski definition) is 4. The summed E-state index contributed by atoms with van der Waals surface area (Å²) in [5, 5.41) is 0. The standard InChI is InChI=1S/C20H18O4/c1-4-19(21)23-17-10-6-8-15(12-17)14(3)16-9-7-11-18(13-16)24-20(22)5-2/h4-14H,1-2H2,3H3. The first-order valence-electron chi connectivity index (χ1n) is 7.42. The second kappa shape index (κ2) is 7.92. The highest BCUT2D eigenvalue weighted by Crippen LogP contribution is 2.29. The van der Waals surface area contributed by atoms with Crippen molar-refractivity contribution in [2.24, 2.45) is 0 Å². The molecule has 0 amide bonds. The zero-order chi connectivity index (χ0) is 17.5. The van der Waals surface area contributed by atoms with Crippen LogP contribution in [0.2, 0.25) is 0 Å². The molecule has 0 aromatic heterocycles. The molecule has 0 saturated heterocycles. The Hall–Kier alpha value is -3.14. The lowest BCUT2D eigenvalue weighted by Gasteiger charge is -2.14. The van der Waals surface area contributed by atoms with Crippen LogP contribution in [0.1, 0.15) is 24.0 Å². The van der Waals surface area contributed by atoms with E-state index >= 15 is 0 Å². The highest BCUT2D eigenvalue weighted by Gasteiger charge is 2.12. The summed E-state index contributed by atoms with van der Waals surface area (Å²) < 4.78 is 10.3. The first-order valence-corrected chi connectivity index (χ1v) is 7.42. The quantitative estimate of drug-likeness (QED) is 0.458. The number of rotatable bonds is 6. The Kier molecular flexibility index (Phi) is 5.68. The molecule has 2 aromatic carbocycles. The van der Waals surface area contributed by atoms with E-state index < -0.39 is 11.9 Å². The summed E-state index contributed by atoms with van der Waals surface area (Å²) >= 11 is 0. The first kappa shape index (κ1) is 17.2. The summed E-state index contributed by atoms with van der Waals surface area (Å²) in [6, 6.07) is 14.5. The maximum Gasteiger partial charge on any atom is 0.335 e. The predicted molar refractivity (Wildman–Crippen MR) is 92.1 cm³/mol. The average molecular weight is 322 g/mol. The number of carbonyl (C=O) groups is 2. The maximum atomic E-state index is 11.3. The zero-order valence-corrected chi connectivity index (χ0v) is 13.4. The van der Waals surface area contributed by atoms with Crippen molar-refractivity contribution in [1.82, 2.24) is 0 Å². The van der Waals surface area contributed by atoms with Gasteiger partial charge in [0.05, 0.1) is 0 Å². The summed E-state index contributed by atoms with van der Waals surface area (Å²) in [6.45, 7) is 8.78. The fourth-order valence-electron chi connectivity index (χ4n) is 2.20. The summed E-state index contributed by atoms with van der Waals surface area (Å²) in [6.07, 6.45) is 2.24. The lowest BCUT2D eigenvalue weighted by molar-refractivity contribution is -0.129. The molecule has 0 spiro atoms. The Bertz CT molecular complexity index is 711. The third-order valence-electron chi connectivity index (χ3n) is 3.49. The molecule has 0 radical (unpaired) electrons. The van der Waals surface area contributed by atoms with Crippen LogP contribution in [-0.2, 0) is 9.59 Å². The van der Waals surface area contributed by atoms with Crippen molar-refractivity contribution in [2.45, 2.75) is 12.8 Å². The summed E-state index contributed by atoms with van der Waals surface area (Å²) in [7, 11) is 0. The monoisotopic (exact) mass is 322 g/mol. The molecular weight excluding hydrogens is 304 g/mol. The van der Waals surface area contributed by atoms with Crippen LogP contribution in [0, 0.1) is 0 Å². The Morgan fingerprint density at radius 2 is 1.29 bits per heavy atom. The Balaban J connectivity index is 2.23. The molecule has 0 bridgehead atoms. The van der Waals surface area contributed by atoms with Gasteiger partial charge in [0.15, 0.2) is 0 Å². The Morgan fingerprint density at radius 3 is 1.67 bits per heavy atom. The fraction of sp³-hybridized carbons (Fsp3) is 0.100. The van der Waals surface area contributed by atoms with Gasteiger partial charge in [-0.15, -0.1) is 0 Å². The van der Waals surface area contributed by atoms with Crippen molar-refractivity contribution in [3.05, 3.63) is 85.0 Å². The van der Waals surface area contributed by atoms with Gasteiger partial charge in [-0.25, -0.2) is 9.59 Å². The fourth-order valence-corrected chi connectivity index (χ4v) is 2.20. The second-order valence-corrected chi connectivity index (χ2v) is 5.12. The second-order valence-electron chi connectivity index (χ2n) is 5.12. The number of ether oxygens (including phenoxy) is 2. The molecular formula is C20H18O4. The molecule has 2 aromatic rings. The lowest BCUT2D eigenvalue weighted by Crippen LogP contribution is -2.05. The van der Waals surface area contributed by atoms with Crippen molar-refractivity contribution in [3.63, 3.8) is 0 Å². The minimum Gasteiger partial charge on any atom is -0.423 e. The largest absolute Gasteiger partial charge is 0.423 e. The summed E-state index contributed by atoms with van der Waals surface area (Å²) in [4.78, 5) is 22.6. The van der Waals surface area contributed by atoms with E-state index in [1.807, 2.05) is 31.2 Å². The van der Waals surface area contributed by atoms with Gasteiger partial charge >= 0.3 is 11.9 Å². The average Bonchev–Trinajstić information content (AvgIpc) is 2.61. The molecule has 2 rings (SSSR count). The van der Waals surface area contributed by atoms with Crippen molar-refractivity contribution >= 4 is 11.9 Å². The van der Waals surface area contributed by atoms with Gasteiger partial charge < -0.3 is 9.47 Å². The predicted octanol–water partition coefficient (Wildman–Crippen LogP) is 4.02.